The highest BCUT2D eigenvalue weighted by atomic mass is 35.5. The zero-order valence-electron chi connectivity index (χ0n) is 12.0. The normalized spacial score (nSPS) is 11.5. The SMILES string of the molecule is COC(=O)c1ncc(OCC(C)O)cc1NC(C)C.Cl. The van der Waals surface area contributed by atoms with Gasteiger partial charge >= 0.3 is 5.97 Å². The molecule has 0 aliphatic carbocycles. The summed E-state index contributed by atoms with van der Waals surface area (Å²) >= 11 is 0. The Morgan fingerprint density at radius 2 is 2.10 bits per heavy atom. The van der Waals surface area contributed by atoms with Gasteiger partial charge in [0.1, 0.15) is 12.4 Å². The fourth-order valence-electron chi connectivity index (χ4n) is 1.42. The van der Waals surface area contributed by atoms with E-state index < -0.39 is 12.1 Å². The molecule has 0 saturated heterocycles. The Kier molecular flexibility index (Phi) is 7.94. The standard InChI is InChI=1S/C13H20N2O4.ClH/c1-8(2)15-11-5-10(19-7-9(3)16)6-14-12(11)13(17)18-4;/h5-6,8-9,15-16H,7H2,1-4H3;1H. The molecule has 0 fully saturated rings. The molecule has 0 saturated carbocycles. The molecule has 0 aliphatic rings. The molecule has 0 bridgehead atoms. The molecule has 1 unspecified atom stereocenters. The number of aromatic nitrogens is 1. The Morgan fingerprint density at radius 3 is 2.60 bits per heavy atom. The number of ether oxygens (including phenoxy) is 2. The number of nitrogens with one attached hydrogen (secondary N) is 1. The van der Waals surface area contributed by atoms with Crippen molar-refractivity contribution in [1.29, 1.82) is 0 Å². The Hall–Kier alpha value is -1.53. The highest BCUT2D eigenvalue weighted by molar-refractivity contribution is 5.93. The van der Waals surface area contributed by atoms with Crippen LogP contribution in [0, 0.1) is 0 Å². The van der Waals surface area contributed by atoms with Crippen LogP contribution in [0.3, 0.4) is 0 Å². The fraction of sp³-hybridized carbons (Fsp3) is 0.538. The van der Waals surface area contributed by atoms with Crippen molar-refractivity contribution in [1.82, 2.24) is 4.98 Å². The van der Waals surface area contributed by atoms with Gasteiger partial charge in [-0.15, -0.1) is 12.4 Å². The third-order valence-electron chi connectivity index (χ3n) is 2.18. The van der Waals surface area contributed by atoms with Crippen LogP contribution in [-0.4, -0.2) is 41.9 Å². The molecule has 0 aliphatic heterocycles. The highest BCUT2D eigenvalue weighted by Crippen LogP contribution is 2.21. The van der Waals surface area contributed by atoms with Gasteiger partial charge in [0.05, 0.1) is 25.1 Å². The quantitative estimate of drug-likeness (QED) is 0.781. The number of hydrogen-bond acceptors (Lipinski definition) is 6. The van der Waals surface area contributed by atoms with Crippen LogP contribution in [-0.2, 0) is 4.74 Å². The van der Waals surface area contributed by atoms with Crippen LogP contribution >= 0.6 is 12.4 Å². The van der Waals surface area contributed by atoms with E-state index in [4.69, 9.17) is 4.74 Å². The molecule has 1 aromatic rings. The molecule has 6 nitrogen and oxygen atoms in total. The summed E-state index contributed by atoms with van der Waals surface area (Å²) in [4.78, 5) is 15.6. The largest absolute Gasteiger partial charge is 0.489 e. The summed E-state index contributed by atoms with van der Waals surface area (Å²) < 4.78 is 10.0. The summed E-state index contributed by atoms with van der Waals surface area (Å²) in [5.41, 5.74) is 0.755. The van der Waals surface area contributed by atoms with Gasteiger partial charge in [0, 0.05) is 12.1 Å². The summed E-state index contributed by atoms with van der Waals surface area (Å²) in [7, 11) is 1.31. The summed E-state index contributed by atoms with van der Waals surface area (Å²) in [6.07, 6.45) is 0.863. The maximum Gasteiger partial charge on any atom is 0.358 e. The van der Waals surface area contributed by atoms with E-state index in [0.29, 0.717) is 11.4 Å². The molecule has 20 heavy (non-hydrogen) atoms. The minimum atomic E-state index is -0.568. The van der Waals surface area contributed by atoms with Gasteiger partial charge in [-0.3, -0.25) is 0 Å². The average Bonchev–Trinajstić information content (AvgIpc) is 2.35. The predicted molar refractivity (Wildman–Crippen MR) is 78.8 cm³/mol. The van der Waals surface area contributed by atoms with Crippen LogP contribution in [0.25, 0.3) is 0 Å². The van der Waals surface area contributed by atoms with Gasteiger partial charge in [0.25, 0.3) is 0 Å². The van der Waals surface area contributed by atoms with Crippen LogP contribution in [0.1, 0.15) is 31.3 Å². The van der Waals surface area contributed by atoms with E-state index in [1.165, 1.54) is 13.3 Å². The number of aliphatic hydroxyl groups is 1. The van der Waals surface area contributed by atoms with Crippen molar-refractivity contribution in [2.75, 3.05) is 19.0 Å². The number of carbonyl (C=O) groups is 1. The van der Waals surface area contributed by atoms with Gasteiger partial charge in [0.2, 0.25) is 0 Å². The Morgan fingerprint density at radius 1 is 1.45 bits per heavy atom. The topological polar surface area (TPSA) is 80.7 Å². The molecule has 1 aromatic heterocycles. The van der Waals surface area contributed by atoms with Crippen molar-refractivity contribution in [3.63, 3.8) is 0 Å². The monoisotopic (exact) mass is 304 g/mol. The maximum atomic E-state index is 11.6. The molecular formula is C13H21ClN2O4. The highest BCUT2D eigenvalue weighted by Gasteiger charge is 2.15. The molecule has 2 N–H and O–H groups in total. The first kappa shape index (κ1) is 18.5. The molecule has 1 rings (SSSR count). The second kappa shape index (κ2) is 8.60. The van der Waals surface area contributed by atoms with E-state index in [9.17, 15) is 9.90 Å². The number of aliphatic hydroxyl groups excluding tert-OH is 1. The van der Waals surface area contributed by atoms with E-state index >= 15 is 0 Å². The molecular weight excluding hydrogens is 284 g/mol. The first-order valence-corrected chi connectivity index (χ1v) is 6.09. The number of nitrogens with zero attached hydrogens (tertiary/aromatic N) is 1. The summed E-state index contributed by atoms with van der Waals surface area (Å²) in [5, 5.41) is 12.3. The van der Waals surface area contributed by atoms with E-state index in [-0.39, 0.29) is 30.7 Å². The molecule has 114 valence electrons. The van der Waals surface area contributed by atoms with Crippen molar-refractivity contribution in [3.8, 4) is 5.75 Å². The molecule has 0 radical (unpaired) electrons. The van der Waals surface area contributed by atoms with Crippen molar-refractivity contribution in [3.05, 3.63) is 18.0 Å². The van der Waals surface area contributed by atoms with Gasteiger partial charge in [-0.25, -0.2) is 9.78 Å². The van der Waals surface area contributed by atoms with Crippen LogP contribution in [0.4, 0.5) is 5.69 Å². The molecule has 0 spiro atoms. The van der Waals surface area contributed by atoms with Gasteiger partial charge in [-0.2, -0.15) is 0 Å². The Bertz CT molecular complexity index is 438. The fourth-order valence-corrected chi connectivity index (χ4v) is 1.42. The molecule has 0 amide bonds. The van der Waals surface area contributed by atoms with Gasteiger partial charge in [-0.1, -0.05) is 0 Å². The Balaban J connectivity index is 0.00000361. The number of methoxy groups -OCH3 is 1. The number of rotatable bonds is 6. The second-order valence-corrected chi connectivity index (χ2v) is 4.52. The predicted octanol–water partition coefficient (Wildman–Crippen LogP) is 1.87. The molecule has 0 aromatic carbocycles. The maximum absolute atomic E-state index is 11.6. The summed E-state index contributed by atoms with van der Waals surface area (Å²) in [5.74, 6) is -0.0260. The van der Waals surface area contributed by atoms with Crippen molar-refractivity contribution in [2.45, 2.75) is 32.9 Å². The lowest BCUT2D eigenvalue weighted by molar-refractivity contribution is 0.0595. The van der Waals surface area contributed by atoms with E-state index in [1.54, 1.807) is 13.0 Å². The third-order valence-corrected chi connectivity index (χ3v) is 2.18. The first-order valence-electron chi connectivity index (χ1n) is 6.09. The second-order valence-electron chi connectivity index (χ2n) is 4.52. The summed E-state index contributed by atoms with van der Waals surface area (Å²) in [6.45, 7) is 5.69. The van der Waals surface area contributed by atoms with Gasteiger partial charge in [-0.05, 0) is 20.8 Å². The van der Waals surface area contributed by atoms with E-state index in [0.717, 1.165) is 0 Å². The van der Waals surface area contributed by atoms with Crippen molar-refractivity contribution >= 4 is 24.1 Å². The summed E-state index contributed by atoms with van der Waals surface area (Å²) in [6, 6.07) is 1.80. The van der Waals surface area contributed by atoms with Crippen LogP contribution in [0.2, 0.25) is 0 Å². The van der Waals surface area contributed by atoms with Crippen LogP contribution < -0.4 is 10.1 Å². The smallest absolute Gasteiger partial charge is 0.358 e. The third kappa shape index (κ3) is 5.63. The molecule has 1 atom stereocenters. The van der Waals surface area contributed by atoms with E-state index in [1.807, 2.05) is 13.8 Å². The zero-order chi connectivity index (χ0) is 14.4. The lowest BCUT2D eigenvalue weighted by atomic mass is 10.2. The minimum absolute atomic E-state index is 0. The van der Waals surface area contributed by atoms with Gasteiger partial charge in [0.15, 0.2) is 5.69 Å². The van der Waals surface area contributed by atoms with Gasteiger partial charge < -0.3 is 19.9 Å². The Labute approximate surface area is 124 Å². The number of anilines is 1. The lowest BCUT2D eigenvalue weighted by Crippen LogP contribution is -2.17. The first-order chi connectivity index (χ1) is 8.93. The van der Waals surface area contributed by atoms with E-state index in [2.05, 4.69) is 15.0 Å². The lowest BCUT2D eigenvalue weighted by Gasteiger charge is -2.15. The number of pyridine rings is 1. The van der Waals surface area contributed by atoms with Crippen LogP contribution in [0.5, 0.6) is 5.75 Å². The molecule has 1 heterocycles. The number of halogens is 1. The van der Waals surface area contributed by atoms with Crippen molar-refractivity contribution in [2.24, 2.45) is 0 Å². The average molecular weight is 305 g/mol. The number of hydrogen-bond donors (Lipinski definition) is 2. The van der Waals surface area contributed by atoms with Crippen molar-refractivity contribution < 1.29 is 19.4 Å². The number of esters is 1. The minimum Gasteiger partial charge on any atom is -0.489 e. The molecule has 7 heteroatoms. The number of carbonyl (C=O) groups excluding carboxylic acids is 1. The van der Waals surface area contributed by atoms with Crippen LogP contribution in [0.15, 0.2) is 12.3 Å². The zero-order valence-corrected chi connectivity index (χ0v) is 12.9.